The van der Waals surface area contributed by atoms with Gasteiger partial charge in [-0.15, -0.1) is 0 Å². The Balaban J connectivity index is 2.26. The number of nitrogens with one attached hydrogen (secondary N) is 2. The number of aliphatic carboxylic acids is 1. The molecule has 0 unspecified atom stereocenters. The van der Waals surface area contributed by atoms with E-state index in [1.54, 1.807) is 48.5 Å². The second-order valence-corrected chi connectivity index (χ2v) is 5.49. The van der Waals surface area contributed by atoms with Crippen molar-refractivity contribution in [3.63, 3.8) is 0 Å². The minimum atomic E-state index is -1.07. The zero-order chi connectivity index (χ0) is 19.8. The summed E-state index contributed by atoms with van der Waals surface area (Å²) in [7, 11) is 1.46. The fourth-order valence-electron chi connectivity index (χ4n) is 2.33. The zero-order valence-electron chi connectivity index (χ0n) is 14.6. The van der Waals surface area contributed by atoms with Gasteiger partial charge in [0.1, 0.15) is 5.75 Å². The number of hydrogen-bond donors (Lipinski definition) is 4. The van der Waals surface area contributed by atoms with Crippen LogP contribution in [0, 0.1) is 5.41 Å². The fraction of sp³-hybridized carbons (Fsp3) is 0.0500. The second-order valence-electron chi connectivity index (χ2n) is 5.49. The molecule has 0 aliphatic rings. The summed E-state index contributed by atoms with van der Waals surface area (Å²) in [4.78, 5) is 23.2. The van der Waals surface area contributed by atoms with Crippen molar-refractivity contribution in [1.29, 1.82) is 5.41 Å². The van der Waals surface area contributed by atoms with E-state index in [0.717, 1.165) is 11.6 Å². The maximum absolute atomic E-state index is 12.6. The van der Waals surface area contributed by atoms with Gasteiger partial charge >= 0.3 is 5.97 Å². The lowest BCUT2D eigenvalue weighted by Crippen LogP contribution is -2.20. The van der Waals surface area contributed by atoms with Crippen LogP contribution in [-0.2, 0) is 4.79 Å². The van der Waals surface area contributed by atoms with E-state index in [0.29, 0.717) is 22.6 Å². The average molecular weight is 365 g/mol. The number of anilines is 1. The molecule has 0 aromatic heterocycles. The van der Waals surface area contributed by atoms with E-state index in [-0.39, 0.29) is 11.7 Å². The summed E-state index contributed by atoms with van der Waals surface area (Å²) in [5, 5.41) is 18.7. The number of benzene rings is 2. The monoisotopic (exact) mass is 365 g/mol. The number of rotatable bonds is 7. The zero-order valence-corrected chi connectivity index (χ0v) is 14.6. The molecule has 5 N–H and O–H groups in total. The van der Waals surface area contributed by atoms with Crippen molar-refractivity contribution in [2.24, 2.45) is 5.73 Å². The number of carbonyl (C=O) groups excluding carboxylic acids is 1. The summed E-state index contributed by atoms with van der Waals surface area (Å²) in [5.41, 5.74) is 7.58. The molecule has 0 saturated carbocycles. The maximum Gasteiger partial charge on any atom is 0.328 e. The first-order valence-corrected chi connectivity index (χ1v) is 7.91. The van der Waals surface area contributed by atoms with Crippen molar-refractivity contribution >= 4 is 35.6 Å². The first kappa shape index (κ1) is 19.5. The van der Waals surface area contributed by atoms with E-state index in [9.17, 15) is 9.59 Å². The van der Waals surface area contributed by atoms with Gasteiger partial charge in [0.15, 0.2) is 11.7 Å². The van der Waals surface area contributed by atoms with Crippen molar-refractivity contribution < 1.29 is 19.4 Å². The highest BCUT2D eigenvalue weighted by atomic mass is 16.5. The molecular formula is C20H19N3O4. The molecule has 0 aliphatic heterocycles. The Bertz CT molecular complexity index is 933. The summed E-state index contributed by atoms with van der Waals surface area (Å²) in [6, 6.07) is 11.9. The molecule has 2 aromatic carbocycles. The van der Waals surface area contributed by atoms with Gasteiger partial charge in [-0.25, -0.2) is 4.79 Å². The Labute approximate surface area is 156 Å². The fourth-order valence-corrected chi connectivity index (χ4v) is 2.33. The molecule has 2 rings (SSSR count). The maximum atomic E-state index is 12.6. The number of ketones is 1. The van der Waals surface area contributed by atoms with Gasteiger partial charge in [-0.05, 0) is 47.5 Å². The molecule has 0 atom stereocenters. The number of allylic oxidation sites excluding steroid dienone is 1. The third kappa shape index (κ3) is 5.86. The SMILES string of the molecule is COc1ccc(C=CC(=O)O)cc1C(=O)C=Cc1cccc(NC(=N)N)c1. The average Bonchev–Trinajstić information content (AvgIpc) is 2.64. The standard InChI is InChI=1S/C20H19N3O4/c1-27-18-9-6-14(7-10-19(25)26)12-16(18)17(24)8-5-13-3-2-4-15(11-13)23-20(21)22/h2-12H,1H3,(H,25,26)(H4,21,22,23). The first-order valence-electron chi connectivity index (χ1n) is 7.91. The normalized spacial score (nSPS) is 10.9. The van der Waals surface area contributed by atoms with Gasteiger partial charge in [0.05, 0.1) is 12.7 Å². The number of nitrogens with two attached hydrogens (primary N) is 1. The third-order valence-electron chi connectivity index (χ3n) is 3.50. The highest BCUT2D eigenvalue weighted by Gasteiger charge is 2.10. The number of hydrogen-bond acceptors (Lipinski definition) is 4. The number of guanidine groups is 1. The van der Waals surface area contributed by atoms with E-state index in [1.165, 1.54) is 19.3 Å². The minimum absolute atomic E-state index is 0.178. The summed E-state index contributed by atoms with van der Waals surface area (Å²) in [6.07, 6.45) is 5.43. The Morgan fingerprint density at radius 2 is 1.81 bits per heavy atom. The van der Waals surface area contributed by atoms with Crippen LogP contribution < -0.4 is 15.8 Å². The van der Waals surface area contributed by atoms with Crippen LogP contribution in [0.1, 0.15) is 21.5 Å². The highest BCUT2D eigenvalue weighted by Crippen LogP contribution is 2.22. The molecule has 0 amide bonds. The molecule has 0 saturated heterocycles. The van der Waals surface area contributed by atoms with Crippen LogP contribution in [0.2, 0.25) is 0 Å². The molecule has 7 heteroatoms. The molecule has 0 spiro atoms. The Kier molecular flexibility index (Phi) is 6.49. The van der Waals surface area contributed by atoms with Crippen LogP contribution in [0.5, 0.6) is 5.75 Å². The number of ether oxygens (including phenoxy) is 1. The molecule has 7 nitrogen and oxygen atoms in total. The molecule has 0 radical (unpaired) electrons. The van der Waals surface area contributed by atoms with Gasteiger partial charge in [-0.3, -0.25) is 10.2 Å². The lowest BCUT2D eigenvalue weighted by molar-refractivity contribution is -0.131. The number of carboxylic acids is 1. The summed E-state index contributed by atoms with van der Waals surface area (Å²) in [6.45, 7) is 0. The van der Waals surface area contributed by atoms with E-state index in [1.807, 2.05) is 0 Å². The van der Waals surface area contributed by atoms with E-state index in [4.69, 9.17) is 21.0 Å². The molecule has 138 valence electrons. The van der Waals surface area contributed by atoms with Crippen molar-refractivity contribution in [3.8, 4) is 5.75 Å². The predicted octanol–water partition coefficient (Wildman–Crippen LogP) is 2.99. The smallest absolute Gasteiger partial charge is 0.328 e. The first-order chi connectivity index (χ1) is 12.9. The summed E-state index contributed by atoms with van der Waals surface area (Å²) < 4.78 is 5.22. The predicted molar refractivity (Wildman–Crippen MR) is 105 cm³/mol. The van der Waals surface area contributed by atoms with E-state index >= 15 is 0 Å². The Morgan fingerprint density at radius 3 is 2.48 bits per heavy atom. The van der Waals surface area contributed by atoms with Gasteiger partial charge in [0.25, 0.3) is 0 Å². The van der Waals surface area contributed by atoms with Gasteiger partial charge in [-0.2, -0.15) is 0 Å². The molecular weight excluding hydrogens is 346 g/mol. The van der Waals surface area contributed by atoms with Gasteiger partial charge in [-0.1, -0.05) is 24.3 Å². The van der Waals surface area contributed by atoms with Gasteiger partial charge in [0.2, 0.25) is 0 Å². The number of methoxy groups -OCH3 is 1. The molecule has 0 heterocycles. The lowest BCUT2D eigenvalue weighted by atomic mass is 10.0. The van der Waals surface area contributed by atoms with Gasteiger partial charge < -0.3 is 20.9 Å². The molecule has 0 fully saturated rings. The van der Waals surface area contributed by atoms with Crippen LogP contribution in [0.15, 0.2) is 54.6 Å². The molecule has 0 aliphatic carbocycles. The highest BCUT2D eigenvalue weighted by molar-refractivity contribution is 6.09. The largest absolute Gasteiger partial charge is 0.496 e. The van der Waals surface area contributed by atoms with Crippen LogP contribution >= 0.6 is 0 Å². The topological polar surface area (TPSA) is 125 Å². The van der Waals surface area contributed by atoms with Gasteiger partial charge in [0, 0.05) is 11.8 Å². The summed E-state index contributed by atoms with van der Waals surface area (Å²) >= 11 is 0. The van der Waals surface area contributed by atoms with Crippen molar-refractivity contribution in [2.45, 2.75) is 0 Å². The molecule has 0 bridgehead atoms. The molecule has 2 aromatic rings. The quantitative estimate of drug-likeness (QED) is 0.259. The van der Waals surface area contributed by atoms with E-state index in [2.05, 4.69) is 5.32 Å². The summed E-state index contributed by atoms with van der Waals surface area (Å²) in [5.74, 6) is -1.15. The third-order valence-corrected chi connectivity index (χ3v) is 3.50. The van der Waals surface area contributed by atoms with Crippen molar-refractivity contribution in [2.75, 3.05) is 12.4 Å². The van der Waals surface area contributed by atoms with E-state index < -0.39 is 5.97 Å². The minimum Gasteiger partial charge on any atom is -0.496 e. The van der Waals surface area contributed by atoms with Crippen molar-refractivity contribution in [3.05, 3.63) is 71.3 Å². The van der Waals surface area contributed by atoms with Crippen LogP contribution in [0.3, 0.4) is 0 Å². The Morgan fingerprint density at radius 1 is 1.11 bits per heavy atom. The van der Waals surface area contributed by atoms with Crippen LogP contribution in [0.4, 0.5) is 5.69 Å². The van der Waals surface area contributed by atoms with Crippen LogP contribution in [0.25, 0.3) is 12.2 Å². The van der Waals surface area contributed by atoms with Crippen LogP contribution in [-0.4, -0.2) is 29.9 Å². The number of carbonyl (C=O) groups is 2. The van der Waals surface area contributed by atoms with Crippen molar-refractivity contribution in [1.82, 2.24) is 0 Å². The second kappa shape index (κ2) is 9.00. The number of carboxylic acid groups (broad SMARTS) is 1. The lowest BCUT2D eigenvalue weighted by Gasteiger charge is -2.07. The Hall–Kier alpha value is -3.87. The molecule has 27 heavy (non-hydrogen) atoms.